The van der Waals surface area contributed by atoms with Crippen LogP contribution in [0.1, 0.15) is 22.8 Å². The molecule has 1 fully saturated rings. The van der Waals surface area contributed by atoms with Crippen LogP contribution in [-0.2, 0) is 14.8 Å². The quantitative estimate of drug-likeness (QED) is 0.666. The number of carbonyl (C=O) groups is 1. The largest absolute Gasteiger partial charge is 0.497 e. The molecule has 1 heterocycles. The van der Waals surface area contributed by atoms with Crippen molar-refractivity contribution in [3.8, 4) is 11.5 Å². The summed E-state index contributed by atoms with van der Waals surface area (Å²) in [6, 6.07) is 11.6. The molecule has 0 bridgehead atoms. The van der Waals surface area contributed by atoms with Crippen molar-refractivity contribution >= 4 is 15.9 Å². The van der Waals surface area contributed by atoms with Crippen LogP contribution in [0.15, 0.2) is 47.4 Å². The summed E-state index contributed by atoms with van der Waals surface area (Å²) in [7, 11) is -2.10. The molecule has 0 aliphatic carbocycles. The number of hydrogen-bond donors (Lipinski definition) is 1. The number of morpholine rings is 1. The van der Waals surface area contributed by atoms with Gasteiger partial charge in [-0.05, 0) is 55.8 Å². The Hall–Kier alpha value is -2.62. The fourth-order valence-electron chi connectivity index (χ4n) is 3.19. The number of amides is 1. The number of rotatable bonds is 8. The zero-order valence-electron chi connectivity index (χ0n) is 18.0. The number of methoxy groups -OCH3 is 1. The van der Waals surface area contributed by atoms with Crippen molar-refractivity contribution in [2.24, 2.45) is 0 Å². The number of aryl methyl sites for hydroxylation is 1. The van der Waals surface area contributed by atoms with E-state index in [9.17, 15) is 13.2 Å². The molecule has 0 saturated carbocycles. The van der Waals surface area contributed by atoms with Gasteiger partial charge < -0.3 is 19.5 Å². The highest BCUT2D eigenvalue weighted by atomic mass is 32.2. The minimum atomic E-state index is -3.69. The van der Waals surface area contributed by atoms with E-state index in [2.05, 4.69) is 5.32 Å². The van der Waals surface area contributed by atoms with E-state index in [1.165, 1.54) is 10.4 Å². The summed E-state index contributed by atoms with van der Waals surface area (Å²) >= 11 is 0. The van der Waals surface area contributed by atoms with E-state index < -0.39 is 10.0 Å². The topological polar surface area (TPSA) is 94.2 Å². The van der Waals surface area contributed by atoms with Crippen LogP contribution in [0.25, 0.3) is 0 Å². The third-order valence-electron chi connectivity index (χ3n) is 4.98. The molecule has 1 aliphatic heterocycles. The normalized spacial score (nSPS) is 15.8. The Morgan fingerprint density at radius 3 is 2.42 bits per heavy atom. The van der Waals surface area contributed by atoms with Crippen LogP contribution >= 0.6 is 0 Å². The smallest absolute Gasteiger partial charge is 0.251 e. The minimum Gasteiger partial charge on any atom is -0.497 e. The van der Waals surface area contributed by atoms with Crippen LogP contribution in [0.5, 0.6) is 11.5 Å². The fraction of sp³-hybridized carbons (Fsp3) is 0.409. The molecule has 1 saturated heterocycles. The van der Waals surface area contributed by atoms with Crippen molar-refractivity contribution in [1.82, 2.24) is 9.62 Å². The van der Waals surface area contributed by atoms with Gasteiger partial charge in [-0.3, -0.25) is 4.79 Å². The first-order valence-electron chi connectivity index (χ1n) is 10.1. The summed E-state index contributed by atoms with van der Waals surface area (Å²) in [6.45, 7) is 5.15. The summed E-state index contributed by atoms with van der Waals surface area (Å²) in [4.78, 5) is 12.8. The number of hydrogen-bond acceptors (Lipinski definition) is 6. The third-order valence-corrected chi connectivity index (χ3v) is 7.02. The van der Waals surface area contributed by atoms with Gasteiger partial charge >= 0.3 is 0 Å². The summed E-state index contributed by atoms with van der Waals surface area (Å²) < 4.78 is 43.5. The van der Waals surface area contributed by atoms with Gasteiger partial charge in [-0.15, -0.1) is 0 Å². The van der Waals surface area contributed by atoms with Crippen molar-refractivity contribution in [3.63, 3.8) is 0 Å². The maximum absolute atomic E-state index is 13.0. The predicted octanol–water partition coefficient (Wildman–Crippen LogP) is 2.22. The van der Waals surface area contributed by atoms with Gasteiger partial charge in [0.1, 0.15) is 18.1 Å². The van der Waals surface area contributed by atoms with Crippen LogP contribution in [-0.4, -0.2) is 64.7 Å². The molecule has 9 heteroatoms. The van der Waals surface area contributed by atoms with Gasteiger partial charge in [0, 0.05) is 18.7 Å². The number of carbonyl (C=O) groups excluding carboxylic acids is 1. The maximum atomic E-state index is 13.0. The van der Waals surface area contributed by atoms with Crippen LogP contribution in [0, 0.1) is 6.92 Å². The molecule has 8 nitrogen and oxygen atoms in total. The Bertz CT molecular complexity index is 1000. The Morgan fingerprint density at radius 1 is 1.13 bits per heavy atom. The lowest BCUT2D eigenvalue weighted by Crippen LogP contribution is -2.41. The SMILES string of the molecule is COc1ccc(OCC(C)NC(=O)c2ccc(C)c(S(=O)(=O)N3CCOCC3)c2)cc1. The molecular weight excluding hydrogens is 420 g/mol. The van der Waals surface area contributed by atoms with Gasteiger partial charge in [0.25, 0.3) is 5.91 Å². The third kappa shape index (κ3) is 5.75. The van der Waals surface area contributed by atoms with E-state index in [0.29, 0.717) is 37.6 Å². The van der Waals surface area contributed by atoms with Crippen LogP contribution < -0.4 is 14.8 Å². The maximum Gasteiger partial charge on any atom is 0.251 e. The molecule has 168 valence electrons. The Balaban J connectivity index is 1.65. The first-order chi connectivity index (χ1) is 14.8. The van der Waals surface area contributed by atoms with Gasteiger partial charge in [0.15, 0.2) is 0 Å². The van der Waals surface area contributed by atoms with Gasteiger partial charge in [-0.2, -0.15) is 4.31 Å². The molecule has 31 heavy (non-hydrogen) atoms. The number of nitrogens with zero attached hydrogens (tertiary/aromatic N) is 1. The van der Waals surface area contributed by atoms with Crippen molar-refractivity contribution in [1.29, 1.82) is 0 Å². The molecule has 0 radical (unpaired) electrons. The van der Waals surface area contributed by atoms with Gasteiger partial charge in [-0.1, -0.05) is 6.07 Å². The number of sulfonamides is 1. The average Bonchev–Trinajstić information content (AvgIpc) is 2.78. The summed E-state index contributed by atoms with van der Waals surface area (Å²) in [6.07, 6.45) is 0. The molecule has 0 spiro atoms. The van der Waals surface area contributed by atoms with Gasteiger partial charge in [-0.25, -0.2) is 8.42 Å². The van der Waals surface area contributed by atoms with Crippen LogP contribution in [0.2, 0.25) is 0 Å². The van der Waals surface area contributed by atoms with Crippen molar-refractivity contribution in [2.75, 3.05) is 40.0 Å². The molecule has 2 aromatic rings. The van der Waals surface area contributed by atoms with E-state index in [4.69, 9.17) is 14.2 Å². The van der Waals surface area contributed by atoms with E-state index in [1.54, 1.807) is 50.4 Å². The molecule has 1 unspecified atom stereocenters. The van der Waals surface area contributed by atoms with Crippen molar-refractivity contribution < 1.29 is 27.4 Å². The van der Waals surface area contributed by atoms with Crippen LogP contribution in [0.4, 0.5) is 0 Å². The van der Waals surface area contributed by atoms with Crippen LogP contribution in [0.3, 0.4) is 0 Å². The Morgan fingerprint density at radius 2 is 1.77 bits per heavy atom. The molecule has 0 aromatic heterocycles. The molecule has 1 amide bonds. The zero-order valence-corrected chi connectivity index (χ0v) is 18.8. The summed E-state index contributed by atoms with van der Waals surface area (Å²) in [5.41, 5.74) is 0.882. The van der Waals surface area contributed by atoms with E-state index in [-0.39, 0.29) is 29.0 Å². The summed E-state index contributed by atoms with van der Waals surface area (Å²) in [5, 5.41) is 2.85. The molecule has 1 N–H and O–H groups in total. The monoisotopic (exact) mass is 448 g/mol. The standard InChI is InChI=1S/C22H28N2O6S/c1-16-4-5-18(14-21(16)31(26,27)24-10-12-29-13-11-24)22(25)23-17(2)15-30-20-8-6-19(28-3)7-9-20/h4-9,14,17H,10-13,15H2,1-3H3,(H,23,25). The second-order valence-corrected chi connectivity index (χ2v) is 9.26. The lowest BCUT2D eigenvalue weighted by molar-refractivity contribution is 0.0730. The lowest BCUT2D eigenvalue weighted by atomic mass is 10.1. The lowest BCUT2D eigenvalue weighted by Gasteiger charge is -2.26. The van der Waals surface area contributed by atoms with E-state index in [0.717, 1.165) is 5.75 Å². The minimum absolute atomic E-state index is 0.143. The van der Waals surface area contributed by atoms with E-state index >= 15 is 0 Å². The van der Waals surface area contributed by atoms with Gasteiger partial charge in [0.05, 0.1) is 31.3 Å². The molecule has 1 atom stereocenters. The van der Waals surface area contributed by atoms with E-state index in [1.807, 2.05) is 6.92 Å². The molecular formula is C22H28N2O6S. The Kier molecular flexibility index (Phi) is 7.53. The first kappa shape index (κ1) is 23.1. The predicted molar refractivity (Wildman–Crippen MR) is 116 cm³/mol. The van der Waals surface area contributed by atoms with Crippen molar-refractivity contribution in [2.45, 2.75) is 24.8 Å². The van der Waals surface area contributed by atoms with Crippen molar-refractivity contribution in [3.05, 3.63) is 53.6 Å². The summed E-state index contributed by atoms with van der Waals surface area (Å²) in [5.74, 6) is 1.04. The highest BCUT2D eigenvalue weighted by Crippen LogP contribution is 2.22. The molecule has 3 rings (SSSR count). The van der Waals surface area contributed by atoms with Gasteiger partial charge in [0.2, 0.25) is 10.0 Å². The fourth-order valence-corrected chi connectivity index (χ4v) is 4.85. The number of ether oxygens (including phenoxy) is 3. The highest BCUT2D eigenvalue weighted by Gasteiger charge is 2.28. The second-order valence-electron chi connectivity index (χ2n) is 7.36. The highest BCUT2D eigenvalue weighted by molar-refractivity contribution is 7.89. The number of benzene rings is 2. The second kappa shape index (κ2) is 10.1. The molecule has 1 aliphatic rings. The molecule has 2 aromatic carbocycles. The average molecular weight is 449 g/mol. The Labute approximate surface area is 183 Å². The zero-order chi connectivity index (χ0) is 22.4. The number of nitrogens with one attached hydrogen (secondary N) is 1. The first-order valence-corrected chi connectivity index (χ1v) is 11.5.